The van der Waals surface area contributed by atoms with Gasteiger partial charge < -0.3 is 19.9 Å². The zero-order chi connectivity index (χ0) is 29.7. The minimum absolute atomic E-state index is 0.0333. The summed E-state index contributed by atoms with van der Waals surface area (Å²) < 4.78 is 5.22. The quantitative estimate of drug-likeness (QED) is 0.373. The van der Waals surface area contributed by atoms with Crippen molar-refractivity contribution in [3.8, 4) is 11.1 Å². The number of nitrogens with zero attached hydrogens (tertiary/aromatic N) is 4. The Morgan fingerprint density at radius 2 is 1.80 bits per heavy atom. The van der Waals surface area contributed by atoms with Crippen LogP contribution in [0, 0.1) is 6.92 Å². The zero-order valence-electron chi connectivity index (χ0n) is 25.1. The van der Waals surface area contributed by atoms with Crippen molar-refractivity contribution in [3.05, 3.63) is 58.0 Å². The average molecular weight is 580 g/mol. The minimum atomic E-state index is -0.252. The molecule has 4 rings (SSSR count). The van der Waals surface area contributed by atoms with Crippen LogP contribution in [0.15, 0.2) is 46.2 Å². The third-order valence-electron chi connectivity index (χ3n) is 8.28. The molecule has 0 radical (unpaired) electrons. The molecule has 0 unspecified atom stereocenters. The topological polar surface area (TPSA) is 87.1 Å². The summed E-state index contributed by atoms with van der Waals surface area (Å²) >= 11 is 6.27. The number of amides is 1. The summed E-state index contributed by atoms with van der Waals surface area (Å²) in [5.74, 6) is -0.361. The monoisotopic (exact) mass is 579 g/mol. The van der Waals surface area contributed by atoms with Crippen LogP contribution in [0.3, 0.4) is 0 Å². The number of hydrogen-bond acceptors (Lipinski definition) is 7. The number of aromatic nitrogens is 1. The van der Waals surface area contributed by atoms with Crippen LogP contribution in [-0.2, 0) is 16.1 Å². The summed E-state index contributed by atoms with van der Waals surface area (Å²) in [6.45, 7) is 7.26. The van der Waals surface area contributed by atoms with Gasteiger partial charge in [-0.3, -0.25) is 14.6 Å². The molecule has 2 heterocycles. The Bertz CT molecular complexity index is 1330. The van der Waals surface area contributed by atoms with E-state index in [0.29, 0.717) is 35.5 Å². The van der Waals surface area contributed by atoms with Gasteiger partial charge in [0.25, 0.3) is 5.91 Å². The fraction of sp³-hybridized carbons (Fsp3) is 0.500. The molecule has 0 atom stereocenters. The first-order chi connectivity index (χ1) is 19.6. The number of methoxy groups -OCH3 is 1. The maximum atomic E-state index is 13.7. The number of carbonyl (C=O) groups is 2. The smallest absolute Gasteiger partial charge is 0.251 e. The standard InChI is InChI=1S/C32H42ClN5O3/c1-7-38(26-12-10-25(11-13-26)37(4)5)29-16-23(22-8-9-24(19-41-6)34-17-22)15-27(21(29)3)32(40)35-18-28-30(39)14-20(2)36-31(28)33/h8-9,15-17,25-26H,7,10-14,18-19H2,1-6H3,(H,35,40). The molecule has 41 heavy (non-hydrogen) atoms. The highest BCUT2D eigenvalue weighted by Crippen LogP contribution is 2.35. The Hall–Kier alpha value is -3.07. The van der Waals surface area contributed by atoms with Crippen LogP contribution >= 0.6 is 11.6 Å². The summed E-state index contributed by atoms with van der Waals surface area (Å²) in [6, 6.07) is 9.06. The largest absolute Gasteiger partial charge is 0.378 e. The number of anilines is 1. The maximum absolute atomic E-state index is 13.7. The number of hydrogen-bond donors (Lipinski definition) is 1. The number of pyridine rings is 1. The van der Waals surface area contributed by atoms with Crippen molar-refractivity contribution >= 4 is 34.7 Å². The lowest BCUT2D eigenvalue weighted by Crippen LogP contribution is -2.42. The van der Waals surface area contributed by atoms with E-state index in [2.05, 4.69) is 52.2 Å². The van der Waals surface area contributed by atoms with E-state index < -0.39 is 0 Å². The molecule has 1 N–H and O–H groups in total. The zero-order valence-corrected chi connectivity index (χ0v) is 25.8. The Morgan fingerprint density at radius 3 is 2.39 bits per heavy atom. The summed E-state index contributed by atoms with van der Waals surface area (Å²) in [6.07, 6.45) is 6.55. The van der Waals surface area contributed by atoms with E-state index >= 15 is 0 Å². The van der Waals surface area contributed by atoms with Crippen LogP contribution in [0.5, 0.6) is 0 Å². The summed E-state index contributed by atoms with van der Waals surface area (Å²) in [5, 5.41) is 3.09. The number of ether oxygens (including phenoxy) is 1. The van der Waals surface area contributed by atoms with Crippen LogP contribution in [0.2, 0.25) is 0 Å². The molecular weight excluding hydrogens is 538 g/mol. The maximum Gasteiger partial charge on any atom is 0.251 e. The summed E-state index contributed by atoms with van der Waals surface area (Å²) in [5.41, 5.74) is 6.22. The predicted octanol–water partition coefficient (Wildman–Crippen LogP) is 5.52. The van der Waals surface area contributed by atoms with Crippen molar-refractivity contribution in [2.24, 2.45) is 4.99 Å². The van der Waals surface area contributed by atoms with Crippen LogP contribution in [0.4, 0.5) is 5.69 Å². The highest BCUT2D eigenvalue weighted by atomic mass is 35.5. The Kier molecular flexibility index (Phi) is 10.3. The number of rotatable bonds is 10. The molecule has 9 heteroatoms. The SMILES string of the molecule is CCN(c1cc(-c2ccc(COC)nc2)cc(C(=O)NCC2=C(Cl)N=C(C)CC2=O)c1C)C1CCC(N(C)C)CC1. The number of Topliss-reactive ketones (excluding diaryl/α,β-unsaturated/α-hetero) is 1. The minimum Gasteiger partial charge on any atom is -0.378 e. The Labute approximate surface area is 248 Å². The first-order valence-corrected chi connectivity index (χ1v) is 14.8. The molecule has 1 aliphatic heterocycles. The average Bonchev–Trinajstić information content (AvgIpc) is 2.94. The third kappa shape index (κ3) is 7.23. The predicted molar refractivity (Wildman–Crippen MR) is 166 cm³/mol. The van der Waals surface area contributed by atoms with Crippen LogP contribution < -0.4 is 10.2 Å². The second-order valence-corrected chi connectivity index (χ2v) is 11.6. The van der Waals surface area contributed by atoms with E-state index in [1.54, 1.807) is 14.0 Å². The third-order valence-corrected chi connectivity index (χ3v) is 8.59. The first kappa shape index (κ1) is 30.9. The number of benzene rings is 1. The van der Waals surface area contributed by atoms with E-state index in [1.807, 2.05) is 31.3 Å². The normalized spacial score (nSPS) is 19.4. The second-order valence-electron chi connectivity index (χ2n) is 11.3. The van der Waals surface area contributed by atoms with Crippen LogP contribution in [0.25, 0.3) is 11.1 Å². The van der Waals surface area contributed by atoms with Gasteiger partial charge in [0.2, 0.25) is 0 Å². The lowest BCUT2D eigenvalue weighted by atomic mass is 9.88. The van der Waals surface area contributed by atoms with Crippen molar-refractivity contribution in [1.29, 1.82) is 0 Å². The van der Waals surface area contributed by atoms with Crippen LogP contribution in [0.1, 0.15) is 67.6 Å². The summed E-state index contributed by atoms with van der Waals surface area (Å²) in [7, 11) is 5.96. The lowest BCUT2D eigenvalue weighted by Gasteiger charge is -2.40. The van der Waals surface area contributed by atoms with Crippen molar-refractivity contribution < 1.29 is 14.3 Å². The van der Waals surface area contributed by atoms with Gasteiger partial charge in [-0.1, -0.05) is 17.7 Å². The molecule has 1 aliphatic carbocycles. The number of nitrogens with one attached hydrogen (secondary N) is 1. The molecular formula is C32H42ClN5O3. The number of halogens is 1. The molecule has 1 fully saturated rings. The number of aliphatic imine (C=N–C) groups is 1. The molecule has 0 spiro atoms. The van der Waals surface area contributed by atoms with Crippen molar-refractivity contribution in [2.75, 3.05) is 39.2 Å². The molecule has 1 amide bonds. The van der Waals surface area contributed by atoms with Gasteiger partial charge >= 0.3 is 0 Å². The Morgan fingerprint density at radius 1 is 1.10 bits per heavy atom. The van der Waals surface area contributed by atoms with Gasteiger partial charge in [0.05, 0.1) is 17.9 Å². The summed E-state index contributed by atoms with van der Waals surface area (Å²) in [4.78, 5) is 39.8. The van der Waals surface area contributed by atoms with Gasteiger partial charge in [-0.25, -0.2) is 4.99 Å². The molecule has 1 aromatic heterocycles. The van der Waals surface area contributed by atoms with Gasteiger partial charge in [-0.05, 0) is 89.9 Å². The van der Waals surface area contributed by atoms with E-state index in [-0.39, 0.29) is 29.8 Å². The highest BCUT2D eigenvalue weighted by Gasteiger charge is 2.29. The molecule has 2 aromatic rings. The fourth-order valence-corrected chi connectivity index (χ4v) is 6.22. The van der Waals surface area contributed by atoms with E-state index in [4.69, 9.17) is 16.3 Å². The molecule has 8 nitrogen and oxygen atoms in total. The van der Waals surface area contributed by atoms with Gasteiger partial charge in [0.15, 0.2) is 5.78 Å². The first-order valence-electron chi connectivity index (χ1n) is 14.4. The van der Waals surface area contributed by atoms with Gasteiger partial charge in [0, 0.05) is 67.4 Å². The molecule has 0 bridgehead atoms. The molecule has 1 aromatic carbocycles. The number of carbonyl (C=O) groups excluding carboxylic acids is 2. The Balaban J connectivity index is 1.69. The molecule has 0 saturated heterocycles. The van der Waals surface area contributed by atoms with Gasteiger partial charge in [0.1, 0.15) is 5.16 Å². The van der Waals surface area contributed by atoms with Gasteiger partial charge in [-0.2, -0.15) is 0 Å². The second kappa shape index (κ2) is 13.7. The van der Waals surface area contributed by atoms with Crippen molar-refractivity contribution in [1.82, 2.24) is 15.2 Å². The van der Waals surface area contributed by atoms with Crippen molar-refractivity contribution in [2.45, 2.75) is 71.6 Å². The lowest BCUT2D eigenvalue weighted by molar-refractivity contribution is -0.114. The van der Waals surface area contributed by atoms with E-state index in [1.165, 1.54) is 0 Å². The van der Waals surface area contributed by atoms with Crippen LogP contribution in [-0.4, -0.2) is 73.7 Å². The van der Waals surface area contributed by atoms with Crippen molar-refractivity contribution in [3.63, 3.8) is 0 Å². The molecule has 1 saturated carbocycles. The number of ketones is 1. The molecule has 220 valence electrons. The highest BCUT2D eigenvalue weighted by molar-refractivity contribution is 6.34. The van der Waals surface area contributed by atoms with Gasteiger partial charge in [-0.15, -0.1) is 0 Å². The fourth-order valence-electron chi connectivity index (χ4n) is 5.90. The van der Waals surface area contributed by atoms with E-state index in [0.717, 1.165) is 60.3 Å². The molecule has 2 aliphatic rings. The van der Waals surface area contributed by atoms with E-state index in [9.17, 15) is 9.59 Å².